The Morgan fingerprint density at radius 1 is 0.627 bits per heavy atom. The number of hydrogen-bond donors (Lipinski definition) is 3. The summed E-state index contributed by atoms with van der Waals surface area (Å²) in [5.41, 5.74) is 0. The predicted molar refractivity (Wildman–Crippen MR) is 205 cm³/mol. The van der Waals surface area contributed by atoms with Crippen molar-refractivity contribution in [2.24, 2.45) is 0 Å². The summed E-state index contributed by atoms with van der Waals surface area (Å²) in [5, 5.41) is 18.3. The topological polar surface area (TPSA) is 149 Å². The molecule has 0 rings (SSSR count). The predicted octanol–water partition coefficient (Wildman–Crippen LogP) is 10.2. The van der Waals surface area contributed by atoms with Gasteiger partial charge < -0.3 is 24.6 Å². The van der Waals surface area contributed by atoms with Crippen LogP contribution in [0, 0.1) is 0 Å². The van der Waals surface area contributed by atoms with Crippen LogP contribution in [0.15, 0.2) is 24.3 Å². The molecule has 0 radical (unpaired) electrons. The van der Waals surface area contributed by atoms with Gasteiger partial charge in [-0.2, -0.15) is 0 Å². The summed E-state index contributed by atoms with van der Waals surface area (Å²) in [6.07, 6.45) is 34.9. The van der Waals surface area contributed by atoms with E-state index in [1.54, 1.807) is 12.2 Å². The van der Waals surface area contributed by atoms with Gasteiger partial charge in [-0.05, 0) is 19.3 Å². The number of carbonyl (C=O) groups is 2. The molecule has 0 aromatic heterocycles. The molecule has 0 spiro atoms. The molecule has 0 aliphatic carbocycles. The largest absolute Gasteiger partial charge is 0.472 e. The van der Waals surface area contributed by atoms with Crippen LogP contribution in [-0.4, -0.2) is 65.7 Å². The van der Waals surface area contributed by atoms with Gasteiger partial charge in [0.15, 0.2) is 6.10 Å². The SMILES string of the molecule is CCCCCCCCCCCCC/C=C/C=C/C(=O)OC[C@H](COP(=O)(O)OC[C@@H](O)CO)OC(=O)CCCCCCCCCCCCCCC. The van der Waals surface area contributed by atoms with Gasteiger partial charge in [-0.25, -0.2) is 9.36 Å². The number of hydrogen-bond acceptors (Lipinski definition) is 9. The van der Waals surface area contributed by atoms with Crippen LogP contribution >= 0.6 is 7.82 Å². The van der Waals surface area contributed by atoms with Crippen molar-refractivity contribution in [1.82, 2.24) is 0 Å². The smallest absolute Gasteiger partial charge is 0.458 e. The summed E-state index contributed by atoms with van der Waals surface area (Å²) >= 11 is 0. The van der Waals surface area contributed by atoms with Crippen LogP contribution in [0.3, 0.4) is 0 Å². The van der Waals surface area contributed by atoms with Gasteiger partial charge in [0.25, 0.3) is 0 Å². The van der Waals surface area contributed by atoms with Gasteiger partial charge in [0.1, 0.15) is 12.7 Å². The molecule has 0 saturated carbocycles. The average Bonchev–Trinajstić information content (AvgIpc) is 3.12. The molecule has 0 aromatic rings. The Balaban J connectivity index is 4.42. The second kappa shape index (κ2) is 36.8. The van der Waals surface area contributed by atoms with Gasteiger partial charge in [-0.1, -0.05) is 173 Å². The van der Waals surface area contributed by atoms with E-state index in [4.69, 9.17) is 19.1 Å². The van der Waals surface area contributed by atoms with Crippen LogP contribution in [0.5, 0.6) is 0 Å². The zero-order valence-electron chi connectivity index (χ0n) is 32.3. The fourth-order valence-electron chi connectivity index (χ4n) is 5.55. The van der Waals surface area contributed by atoms with Crippen LogP contribution in [0.2, 0.25) is 0 Å². The zero-order chi connectivity index (χ0) is 37.7. The normalized spacial score (nSPS) is 14.2. The highest BCUT2D eigenvalue weighted by molar-refractivity contribution is 7.47. The average molecular weight is 747 g/mol. The second-order valence-corrected chi connectivity index (χ2v) is 15.2. The third kappa shape index (κ3) is 36.6. The number of carbonyl (C=O) groups excluding carboxylic acids is 2. The third-order valence-corrected chi connectivity index (χ3v) is 9.66. The molecular weight excluding hydrogens is 671 g/mol. The molecule has 0 bridgehead atoms. The quantitative estimate of drug-likeness (QED) is 0.0183. The summed E-state index contributed by atoms with van der Waals surface area (Å²) in [6.45, 7) is 2.25. The lowest BCUT2D eigenvalue weighted by Crippen LogP contribution is -2.29. The van der Waals surface area contributed by atoms with Crippen LogP contribution in [0.25, 0.3) is 0 Å². The Morgan fingerprint density at radius 2 is 1.08 bits per heavy atom. The minimum Gasteiger partial charge on any atom is -0.458 e. The van der Waals surface area contributed by atoms with Crippen molar-refractivity contribution in [3.63, 3.8) is 0 Å². The third-order valence-electron chi connectivity index (χ3n) is 8.71. The first-order valence-corrected chi connectivity index (χ1v) is 21.8. The highest BCUT2D eigenvalue weighted by Crippen LogP contribution is 2.43. The van der Waals surface area contributed by atoms with Gasteiger partial charge in [0.05, 0.1) is 19.8 Å². The van der Waals surface area contributed by atoms with Crippen molar-refractivity contribution in [2.45, 2.75) is 193 Å². The number of phosphoric ester groups is 1. The number of aliphatic hydroxyl groups excluding tert-OH is 2. The first-order chi connectivity index (χ1) is 24.7. The van der Waals surface area contributed by atoms with E-state index in [0.717, 1.165) is 32.1 Å². The van der Waals surface area contributed by atoms with E-state index in [1.165, 1.54) is 128 Å². The highest BCUT2D eigenvalue weighted by atomic mass is 31.2. The fourth-order valence-corrected chi connectivity index (χ4v) is 6.34. The van der Waals surface area contributed by atoms with Gasteiger partial charge in [0, 0.05) is 12.5 Å². The first-order valence-electron chi connectivity index (χ1n) is 20.3. The number of esters is 2. The summed E-state index contributed by atoms with van der Waals surface area (Å²) < 4.78 is 32.4. The number of ether oxygens (including phenoxy) is 2. The summed E-state index contributed by atoms with van der Waals surface area (Å²) in [5.74, 6) is -1.17. The molecule has 10 nitrogen and oxygen atoms in total. The van der Waals surface area contributed by atoms with Crippen LogP contribution in [0.1, 0.15) is 181 Å². The van der Waals surface area contributed by atoms with E-state index in [2.05, 4.69) is 18.4 Å². The molecule has 3 atom stereocenters. The zero-order valence-corrected chi connectivity index (χ0v) is 33.2. The second-order valence-electron chi connectivity index (χ2n) is 13.7. The Hall–Kier alpha value is -1.55. The molecule has 0 aliphatic rings. The Labute approximate surface area is 310 Å². The van der Waals surface area contributed by atoms with Crippen molar-refractivity contribution in [1.29, 1.82) is 0 Å². The van der Waals surface area contributed by atoms with E-state index in [-0.39, 0.29) is 13.0 Å². The van der Waals surface area contributed by atoms with E-state index in [9.17, 15) is 24.2 Å². The molecule has 300 valence electrons. The summed E-state index contributed by atoms with van der Waals surface area (Å²) in [6, 6.07) is 0. The highest BCUT2D eigenvalue weighted by Gasteiger charge is 2.27. The van der Waals surface area contributed by atoms with E-state index in [0.29, 0.717) is 6.42 Å². The number of phosphoric acid groups is 1. The Morgan fingerprint density at radius 3 is 1.57 bits per heavy atom. The Bertz CT molecular complexity index is 910. The molecule has 0 aliphatic heterocycles. The van der Waals surface area contributed by atoms with Crippen LogP contribution in [0.4, 0.5) is 0 Å². The molecule has 0 fully saturated rings. The molecule has 0 amide bonds. The van der Waals surface area contributed by atoms with Crippen molar-refractivity contribution in [3.8, 4) is 0 Å². The molecule has 11 heteroatoms. The minimum absolute atomic E-state index is 0.169. The minimum atomic E-state index is -4.63. The van der Waals surface area contributed by atoms with E-state index in [1.807, 2.05) is 6.08 Å². The number of unbranched alkanes of at least 4 members (excludes halogenated alkanes) is 23. The van der Waals surface area contributed by atoms with Crippen molar-refractivity contribution in [3.05, 3.63) is 24.3 Å². The van der Waals surface area contributed by atoms with E-state index >= 15 is 0 Å². The van der Waals surface area contributed by atoms with Gasteiger partial charge in [-0.15, -0.1) is 0 Å². The monoisotopic (exact) mass is 747 g/mol. The van der Waals surface area contributed by atoms with Crippen LogP contribution < -0.4 is 0 Å². The van der Waals surface area contributed by atoms with Gasteiger partial charge in [-0.3, -0.25) is 13.8 Å². The summed E-state index contributed by atoms with van der Waals surface area (Å²) in [4.78, 5) is 34.7. The van der Waals surface area contributed by atoms with Crippen LogP contribution in [-0.2, 0) is 32.7 Å². The number of aliphatic hydroxyl groups is 2. The summed E-state index contributed by atoms with van der Waals surface area (Å²) in [7, 11) is -4.63. The Kier molecular flexibility index (Phi) is 35.7. The fraction of sp³-hybridized carbons (Fsp3) is 0.850. The molecule has 0 aromatic carbocycles. The standard InChI is InChI=1S/C40H75O10P/c1-3-5-7-9-11-13-15-17-18-20-21-23-25-27-29-31-39(43)47-35-38(36-49-51(45,46)48-34-37(42)33-41)50-40(44)32-30-28-26-24-22-19-16-14-12-10-8-6-4-2/h25,27,29,31,37-38,41-42H,3-24,26,28,30,32-36H2,1-2H3,(H,45,46)/b27-25+,31-29+/t37-,38+/m0/s1. The molecular formula is C40H75O10P. The van der Waals surface area contributed by atoms with Crippen molar-refractivity contribution < 1.29 is 47.8 Å². The van der Waals surface area contributed by atoms with Gasteiger partial charge >= 0.3 is 19.8 Å². The lowest BCUT2D eigenvalue weighted by Gasteiger charge is -2.20. The molecule has 3 N–H and O–H groups in total. The number of rotatable bonds is 38. The lowest BCUT2D eigenvalue weighted by atomic mass is 10.0. The number of allylic oxidation sites excluding steroid dienone is 3. The lowest BCUT2D eigenvalue weighted by molar-refractivity contribution is -0.159. The first kappa shape index (κ1) is 49.5. The van der Waals surface area contributed by atoms with Gasteiger partial charge in [0.2, 0.25) is 0 Å². The maximum absolute atomic E-state index is 12.5. The maximum atomic E-state index is 12.5. The van der Waals surface area contributed by atoms with Crippen molar-refractivity contribution >= 4 is 19.8 Å². The maximum Gasteiger partial charge on any atom is 0.472 e. The molecule has 0 saturated heterocycles. The molecule has 1 unspecified atom stereocenters. The van der Waals surface area contributed by atoms with E-state index < -0.39 is 51.8 Å². The molecule has 0 heterocycles. The molecule has 51 heavy (non-hydrogen) atoms. The van der Waals surface area contributed by atoms with Crippen molar-refractivity contribution in [2.75, 3.05) is 26.4 Å².